The van der Waals surface area contributed by atoms with Crippen LogP contribution in [0.25, 0.3) is 11.1 Å². The quantitative estimate of drug-likeness (QED) is 0.149. The number of aromatic nitrogens is 2. The molecule has 0 atom stereocenters. The van der Waals surface area contributed by atoms with Crippen molar-refractivity contribution in [2.75, 3.05) is 37.0 Å². The van der Waals surface area contributed by atoms with E-state index in [2.05, 4.69) is 10.4 Å². The van der Waals surface area contributed by atoms with E-state index in [4.69, 9.17) is 25.6 Å². The van der Waals surface area contributed by atoms with Gasteiger partial charge in [0.2, 0.25) is 5.91 Å². The Morgan fingerprint density at radius 2 is 1.94 bits per heavy atom. The average molecular weight is 681 g/mol. The van der Waals surface area contributed by atoms with Crippen LogP contribution in [0.3, 0.4) is 0 Å². The third kappa shape index (κ3) is 8.70. The summed E-state index contributed by atoms with van der Waals surface area (Å²) in [6, 6.07) is 16.5. The third-order valence-electron chi connectivity index (χ3n) is 7.90. The summed E-state index contributed by atoms with van der Waals surface area (Å²) in [4.78, 5) is 27.6. The summed E-state index contributed by atoms with van der Waals surface area (Å²) in [5.41, 5.74) is 5.48. The number of halogens is 1. The van der Waals surface area contributed by atoms with Crippen LogP contribution in [0, 0.1) is 13.8 Å². The number of benzene rings is 3. The highest BCUT2D eigenvalue weighted by Crippen LogP contribution is 2.40. The summed E-state index contributed by atoms with van der Waals surface area (Å²) < 4.78 is 44.6. The molecule has 1 aliphatic rings. The molecule has 0 spiro atoms. The molecule has 47 heavy (non-hydrogen) atoms. The van der Waals surface area contributed by atoms with Crippen molar-refractivity contribution < 1.29 is 32.0 Å². The zero-order chi connectivity index (χ0) is 33.6. The van der Waals surface area contributed by atoms with Crippen LogP contribution in [-0.2, 0) is 21.5 Å². The van der Waals surface area contributed by atoms with Crippen LogP contribution >= 0.6 is 11.6 Å². The number of carbonyl (C=O) groups excluding carboxylic acids is 2. The molecule has 3 aromatic carbocycles. The van der Waals surface area contributed by atoms with Gasteiger partial charge in [-0.05, 0) is 68.1 Å². The van der Waals surface area contributed by atoms with E-state index in [9.17, 15) is 18.0 Å². The van der Waals surface area contributed by atoms with E-state index < -0.39 is 21.8 Å². The zero-order valence-corrected chi connectivity index (χ0v) is 27.8. The minimum absolute atomic E-state index is 0.00189. The van der Waals surface area contributed by atoms with Crippen LogP contribution in [0.4, 0.5) is 5.69 Å². The van der Waals surface area contributed by atoms with Crippen molar-refractivity contribution in [3.8, 4) is 22.6 Å². The molecule has 1 aromatic heterocycles. The minimum Gasteiger partial charge on any atom is -0.493 e. The van der Waals surface area contributed by atoms with E-state index in [0.29, 0.717) is 61.9 Å². The van der Waals surface area contributed by atoms with Crippen molar-refractivity contribution in [2.45, 2.75) is 39.7 Å². The number of rotatable bonds is 12. The SMILES string of the molecule is Cc1cc(C(=O)NCCS(=O)(=O)O)ccc1Cn1cc(-c2cccc3c2OCCCN3C(=O)CCCOc2cccc(Cl)c2C)cn1. The van der Waals surface area contributed by atoms with Crippen molar-refractivity contribution in [1.29, 1.82) is 0 Å². The molecule has 0 aliphatic carbocycles. The lowest BCUT2D eigenvalue weighted by Gasteiger charge is -2.23. The highest BCUT2D eigenvalue weighted by atomic mass is 35.5. The summed E-state index contributed by atoms with van der Waals surface area (Å²) in [5, 5.41) is 7.70. The van der Waals surface area contributed by atoms with E-state index in [-0.39, 0.29) is 12.5 Å². The van der Waals surface area contributed by atoms with Gasteiger partial charge in [0.15, 0.2) is 5.75 Å². The largest absolute Gasteiger partial charge is 0.493 e. The van der Waals surface area contributed by atoms with E-state index in [1.54, 1.807) is 27.9 Å². The summed E-state index contributed by atoms with van der Waals surface area (Å²) >= 11 is 6.19. The monoisotopic (exact) mass is 680 g/mol. The molecule has 4 aromatic rings. The third-order valence-corrected chi connectivity index (χ3v) is 9.03. The first-order valence-corrected chi connectivity index (χ1v) is 17.3. The van der Waals surface area contributed by atoms with Gasteiger partial charge >= 0.3 is 0 Å². The Morgan fingerprint density at radius 1 is 1.13 bits per heavy atom. The van der Waals surface area contributed by atoms with Gasteiger partial charge in [0.25, 0.3) is 16.0 Å². The van der Waals surface area contributed by atoms with Gasteiger partial charge in [-0.15, -0.1) is 0 Å². The van der Waals surface area contributed by atoms with Gasteiger partial charge in [0, 0.05) is 53.0 Å². The predicted molar refractivity (Wildman–Crippen MR) is 180 cm³/mol. The number of hydrogen-bond acceptors (Lipinski definition) is 7. The lowest BCUT2D eigenvalue weighted by Crippen LogP contribution is -2.31. The molecule has 2 amide bonds. The molecule has 248 valence electrons. The van der Waals surface area contributed by atoms with Crippen molar-refractivity contribution in [3.63, 3.8) is 0 Å². The summed E-state index contributed by atoms with van der Waals surface area (Å²) in [7, 11) is -4.16. The minimum atomic E-state index is -4.16. The van der Waals surface area contributed by atoms with Crippen LogP contribution in [0.5, 0.6) is 11.5 Å². The zero-order valence-electron chi connectivity index (χ0n) is 26.2. The highest BCUT2D eigenvalue weighted by Gasteiger charge is 2.25. The van der Waals surface area contributed by atoms with E-state index in [1.807, 2.05) is 62.5 Å². The molecule has 0 radical (unpaired) electrons. The second-order valence-corrected chi connectivity index (χ2v) is 13.3. The van der Waals surface area contributed by atoms with Gasteiger partial charge in [-0.2, -0.15) is 13.5 Å². The molecule has 2 N–H and O–H groups in total. The topological polar surface area (TPSA) is 140 Å². The fourth-order valence-electron chi connectivity index (χ4n) is 5.35. The number of fused-ring (bicyclic) bond motifs is 1. The van der Waals surface area contributed by atoms with Gasteiger partial charge in [-0.1, -0.05) is 35.9 Å². The summed E-state index contributed by atoms with van der Waals surface area (Å²) in [5.74, 6) is 0.381. The lowest BCUT2D eigenvalue weighted by atomic mass is 10.0. The molecule has 0 unspecified atom stereocenters. The molecule has 0 bridgehead atoms. The number of aryl methyl sites for hydroxylation is 1. The molecule has 5 rings (SSSR count). The second kappa shape index (κ2) is 15.0. The standard InChI is InChI=1S/C34H37ClN4O7S/c1-23-19-25(34(41)36-14-18-47(42,43)44)12-13-26(23)21-38-22-27(20-37-38)28-7-3-9-30-33(28)46-17-6-15-39(30)32(40)11-5-16-45-31-10-4-8-29(35)24(31)2/h3-4,7-10,12-13,19-20,22H,5-6,11,14-18,21H2,1-2H3,(H,36,41)(H,42,43,44). The number of carbonyl (C=O) groups is 2. The van der Waals surface area contributed by atoms with Crippen molar-refractivity contribution in [3.05, 3.63) is 94.3 Å². The van der Waals surface area contributed by atoms with Gasteiger partial charge in [-0.25, -0.2) is 0 Å². The number of hydrogen-bond donors (Lipinski definition) is 2. The Bertz CT molecular complexity index is 1880. The molecule has 13 heteroatoms. The molecule has 0 saturated heterocycles. The van der Waals surface area contributed by atoms with Crippen LogP contribution < -0.4 is 19.7 Å². The molecular weight excluding hydrogens is 644 g/mol. The van der Waals surface area contributed by atoms with E-state index in [0.717, 1.165) is 39.3 Å². The first kappa shape index (κ1) is 34.0. The van der Waals surface area contributed by atoms with E-state index >= 15 is 0 Å². The fraction of sp³-hybridized carbons (Fsp3) is 0.324. The number of amides is 2. The Hall–Kier alpha value is -4.39. The molecule has 2 heterocycles. The van der Waals surface area contributed by atoms with Crippen molar-refractivity contribution in [2.24, 2.45) is 0 Å². The molecule has 1 aliphatic heterocycles. The second-order valence-electron chi connectivity index (χ2n) is 11.3. The van der Waals surface area contributed by atoms with Gasteiger partial charge < -0.3 is 19.7 Å². The Balaban J connectivity index is 1.24. The number of para-hydroxylation sites is 1. The molecule has 11 nitrogen and oxygen atoms in total. The van der Waals surface area contributed by atoms with Crippen LogP contribution in [-0.4, -0.2) is 66.6 Å². The maximum Gasteiger partial charge on any atom is 0.266 e. The van der Waals surface area contributed by atoms with Gasteiger partial charge in [0.1, 0.15) is 5.75 Å². The fourth-order valence-corrected chi connectivity index (χ4v) is 5.88. The Morgan fingerprint density at radius 3 is 2.72 bits per heavy atom. The Labute approximate surface area is 279 Å². The van der Waals surface area contributed by atoms with Crippen LogP contribution in [0.1, 0.15) is 46.3 Å². The van der Waals surface area contributed by atoms with Crippen molar-refractivity contribution >= 4 is 39.2 Å². The lowest BCUT2D eigenvalue weighted by molar-refractivity contribution is -0.118. The summed E-state index contributed by atoms with van der Waals surface area (Å²) in [6.45, 7) is 5.48. The highest BCUT2D eigenvalue weighted by molar-refractivity contribution is 7.85. The normalized spacial score (nSPS) is 13.0. The number of nitrogens with one attached hydrogen (secondary N) is 1. The summed E-state index contributed by atoms with van der Waals surface area (Å²) in [6.07, 6.45) is 5.26. The first-order chi connectivity index (χ1) is 22.5. The van der Waals surface area contributed by atoms with Gasteiger partial charge in [0.05, 0.1) is 37.4 Å². The predicted octanol–water partition coefficient (Wildman–Crippen LogP) is 5.46. The number of nitrogens with zero attached hydrogens (tertiary/aromatic N) is 3. The molecular formula is C34H37ClN4O7S. The van der Waals surface area contributed by atoms with Crippen LogP contribution in [0.2, 0.25) is 5.02 Å². The first-order valence-electron chi connectivity index (χ1n) is 15.3. The Kier molecular flexibility index (Phi) is 10.8. The van der Waals surface area contributed by atoms with Gasteiger partial charge in [-0.3, -0.25) is 18.8 Å². The average Bonchev–Trinajstić information content (AvgIpc) is 3.38. The molecule has 0 saturated carbocycles. The maximum absolute atomic E-state index is 13.4. The smallest absolute Gasteiger partial charge is 0.266 e. The maximum atomic E-state index is 13.4. The molecule has 0 fully saturated rings. The van der Waals surface area contributed by atoms with Crippen molar-refractivity contribution in [1.82, 2.24) is 15.1 Å². The van der Waals surface area contributed by atoms with Crippen LogP contribution in [0.15, 0.2) is 67.0 Å². The number of anilines is 1. The van der Waals surface area contributed by atoms with E-state index in [1.165, 1.54) is 0 Å². The number of ether oxygens (including phenoxy) is 2.